The summed E-state index contributed by atoms with van der Waals surface area (Å²) in [6, 6.07) is 9.00. The van der Waals surface area contributed by atoms with E-state index in [1.54, 1.807) is 30.5 Å². The Morgan fingerprint density at radius 3 is 2.57 bits per heavy atom. The molecule has 2 heterocycles. The van der Waals surface area contributed by atoms with Crippen molar-refractivity contribution >= 4 is 57.1 Å². The number of aromatic nitrogens is 2. The summed E-state index contributed by atoms with van der Waals surface area (Å²) in [5.74, 6) is 0.689. The van der Waals surface area contributed by atoms with Crippen LogP contribution in [0.3, 0.4) is 0 Å². The molecule has 0 aliphatic heterocycles. The van der Waals surface area contributed by atoms with Crippen LogP contribution in [0.15, 0.2) is 41.9 Å². The first-order valence-corrected chi connectivity index (χ1v) is 7.93. The van der Waals surface area contributed by atoms with Gasteiger partial charge in [0.25, 0.3) is 0 Å². The molecule has 1 aromatic carbocycles. The summed E-state index contributed by atoms with van der Waals surface area (Å²) in [7, 11) is 0. The summed E-state index contributed by atoms with van der Waals surface area (Å²) < 4.78 is 0. The van der Waals surface area contributed by atoms with Crippen molar-refractivity contribution in [1.29, 1.82) is 0 Å². The SMILES string of the molecule is Clc1ccc(Nc2nc(-c3ccc(Cl)c(Cl)c3)cs2)nc1. The Hall–Kier alpha value is -1.33. The molecule has 0 atom stereocenters. The molecule has 0 saturated carbocycles. The van der Waals surface area contributed by atoms with E-state index in [1.807, 2.05) is 11.4 Å². The van der Waals surface area contributed by atoms with Crippen LogP contribution in [-0.4, -0.2) is 9.97 Å². The van der Waals surface area contributed by atoms with Crippen LogP contribution in [0.4, 0.5) is 10.9 Å². The Labute approximate surface area is 140 Å². The van der Waals surface area contributed by atoms with E-state index in [1.165, 1.54) is 11.3 Å². The Kier molecular flexibility index (Phi) is 4.31. The molecule has 0 aliphatic rings. The molecule has 0 aliphatic carbocycles. The fraction of sp³-hybridized carbons (Fsp3) is 0. The third kappa shape index (κ3) is 3.47. The number of hydrogen-bond donors (Lipinski definition) is 1. The topological polar surface area (TPSA) is 37.8 Å². The molecule has 21 heavy (non-hydrogen) atoms. The van der Waals surface area contributed by atoms with Crippen LogP contribution >= 0.6 is 46.1 Å². The standard InChI is InChI=1S/C14H8Cl3N3S/c15-9-2-4-13(18-6-9)20-14-19-12(7-21-14)8-1-3-10(16)11(17)5-8/h1-7H,(H,18,19,20). The normalized spacial score (nSPS) is 10.6. The molecule has 3 rings (SSSR count). The highest BCUT2D eigenvalue weighted by molar-refractivity contribution is 7.14. The van der Waals surface area contributed by atoms with E-state index in [-0.39, 0.29) is 0 Å². The van der Waals surface area contributed by atoms with Crippen molar-refractivity contribution in [2.24, 2.45) is 0 Å². The molecular weight excluding hydrogens is 349 g/mol. The lowest BCUT2D eigenvalue weighted by atomic mass is 10.2. The van der Waals surface area contributed by atoms with E-state index in [4.69, 9.17) is 34.8 Å². The lowest BCUT2D eigenvalue weighted by Gasteiger charge is -2.01. The highest BCUT2D eigenvalue weighted by atomic mass is 35.5. The van der Waals surface area contributed by atoms with Gasteiger partial charge in [0.15, 0.2) is 5.13 Å². The van der Waals surface area contributed by atoms with Gasteiger partial charge in [-0.05, 0) is 24.3 Å². The van der Waals surface area contributed by atoms with Gasteiger partial charge in [-0.2, -0.15) is 0 Å². The molecule has 106 valence electrons. The van der Waals surface area contributed by atoms with Gasteiger partial charge < -0.3 is 5.32 Å². The number of anilines is 2. The average Bonchev–Trinajstić information content (AvgIpc) is 2.93. The van der Waals surface area contributed by atoms with Gasteiger partial charge in [0.05, 0.1) is 20.8 Å². The smallest absolute Gasteiger partial charge is 0.188 e. The van der Waals surface area contributed by atoms with Gasteiger partial charge in [-0.15, -0.1) is 11.3 Å². The molecule has 0 unspecified atom stereocenters. The zero-order valence-corrected chi connectivity index (χ0v) is 13.6. The second-order valence-corrected chi connectivity index (χ2v) is 6.26. The highest BCUT2D eigenvalue weighted by Gasteiger charge is 2.07. The van der Waals surface area contributed by atoms with E-state index in [9.17, 15) is 0 Å². The minimum atomic E-state index is 0.510. The van der Waals surface area contributed by atoms with Gasteiger partial charge in [0, 0.05) is 17.1 Å². The van der Waals surface area contributed by atoms with Crippen molar-refractivity contribution in [3.05, 3.63) is 57.0 Å². The summed E-state index contributed by atoms with van der Waals surface area (Å²) >= 11 is 19.2. The Bertz CT molecular complexity index is 771. The summed E-state index contributed by atoms with van der Waals surface area (Å²) in [5, 5.41) is 7.44. The minimum Gasteiger partial charge on any atom is -0.316 e. The fourth-order valence-corrected chi connectivity index (χ4v) is 2.81. The van der Waals surface area contributed by atoms with Crippen molar-refractivity contribution in [2.75, 3.05) is 5.32 Å². The molecule has 7 heteroatoms. The predicted molar refractivity (Wildman–Crippen MR) is 90.1 cm³/mol. The van der Waals surface area contributed by atoms with Crippen LogP contribution in [-0.2, 0) is 0 Å². The van der Waals surface area contributed by atoms with Gasteiger partial charge in [-0.25, -0.2) is 9.97 Å². The number of nitrogens with zero attached hydrogens (tertiary/aromatic N) is 2. The monoisotopic (exact) mass is 355 g/mol. The number of halogens is 3. The van der Waals surface area contributed by atoms with Crippen molar-refractivity contribution in [2.45, 2.75) is 0 Å². The van der Waals surface area contributed by atoms with E-state index >= 15 is 0 Å². The Morgan fingerprint density at radius 2 is 1.86 bits per heavy atom. The number of pyridine rings is 1. The lowest BCUT2D eigenvalue weighted by Crippen LogP contribution is -1.92. The van der Waals surface area contributed by atoms with E-state index in [0.29, 0.717) is 20.9 Å². The van der Waals surface area contributed by atoms with Gasteiger partial charge in [0.1, 0.15) is 5.82 Å². The molecular formula is C14H8Cl3N3S. The maximum absolute atomic E-state index is 6.02. The summed E-state index contributed by atoms with van der Waals surface area (Å²) in [6.07, 6.45) is 1.58. The number of rotatable bonds is 3. The molecule has 1 N–H and O–H groups in total. The molecule has 3 nitrogen and oxygen atoms in total. The maximum Gasteiger partial charge on any atom is 0.188 e. The second kappa shape index (κ2) is 6.20. The van der Waals surface area contributed by atoms with Crippen molar-refractivity contribution < 1.29 is 0 Å². The molecule has 0 fully saturated rings. The second-order valence-electron chi connectivity index (χ2n) is 4.15. The van der Waals surface area contributed by atoms with Gasteiger partial charge in [-0.1, -0.05) is 40.9 Å². The zero-order chi connectivity index (χ0) is 14.8. The van der Waals surface area contributed by atoms with Crippen LogP contribution in [0, 0.1) is 0 Å². The van der Waals surface area contributed by atoms with Crippen LogP contribution in [0.1, 0.15) is 0 Å². The van der Waals surface area contributed by atoms with Crippen LogP contribution < -0.4 is 5.32 Å². The van der Waals surface area contributed by atoms with Crippen molar-refractivity contribution in [3.63, 3.8) is 0 Å². The van der Waals surface area contributed by atoms with E-state index in [0.717, 1.165) is 16.4 Å². The zero-order valence-electron chi connectivity index (χ0n) is 10.5. The molecule has 0 spiro atoms. The van der Waals surface area contributed by atoms with Gasteiger partial charge in [0.2, 0.25) is 0 Å². The Morgan fingerprint density at radius 1 is 1.00 bits per heavy atom. The van der Waals surface area contributed by atoms with Crippen LogP contribution in [0.2, 0.25) is 15.1 Å². The van der Waals surface area contributed by atoms with Crippen LogP contribution in [0.25, 0.3) is 11.3 Å². The first-order valence-electron chi connectivity index (χ1n) is 5.91. The van der Waals surface area contributed by atoms with Crippen molar-refractivity contribution in [3.8, 4) is 11.3 Å². The maximum atomic E-state index is 6.02. The van der Waals surface area contributed by atoms with Crippen molar-refractivity contribution in [1.82, 2.24) is 9.97 Å². The summed E-state index contributed by atoms with van der Waals surface area (Å²) in [4.78, 5) is 8.67. The molecule has 2 aromatic heterocycles. The molecule has 3 aromatic rings. The molecule has 0 saturated heterocycles. The summed E-state index contributed by atoms with van der Waals surface area (Å²) in [6.45, 7) is 0. The quantitative estimate of drug-likeness (QED) is 0.634. The largest absolute Gasteiger partial charge is 0.316 e. The molecule has 0 bridgehead atoms. The predicted octanol–water partition coefficient (Wildman–Crippen LogP) is 5.91. The third-order valence-corrected chi connectivity index (χ3v) is 4.40. The minimum absolute atomic E-state index is 0.510. The molecule has 0 radical (unpaired) electrons. The number of thiazole rings is 1. The Balaban J connectivity index is 1.82. The summed E-state index contributed by atoms with van der Waals surface area (Å²) in [5.41, 5.74) is 1.74. The first-order chi connectivity index (χ1) is 10.1. The van der Waals surface area contributed by atoms with Crippen LogP contribution in [0.5, 0.6) is 0 Å². The number of benzene rings is 1. The lowest BCUT2D eigenvalue weighted by molar-refractivity contribution is 1.29. The third-order valence-electron chi connectivity index (χ3n) is 2.68. The van der Waals surface area contributed by atoms with E-state index in [2.05, 4.69) is 15.3 Å². The molecule has 0 amide bonds. The van der Waals surface area contributed by atoms with E-state index < -0.39 is 0 Å². The number of hydrogen-bond acceptors (Lipinski definition) is 4. The fourth-order valence-electron chi connectivity index (χ4n) is 1.68. The first kappa shape index (κ1) is 14.6. The van der Waals surface area contributed by atoms with Gasteiger partial charge in [-0.3, -0.25) is 0 Å². The number of nitrogens with one attached hydrogen (secondary N) is 1. The average molecular weight is 357 g/mol. The van der Waals surface area contributed by atoms with Gasteiger partial charge >= 0.3 is 0 Å². The highest BCUT2D eigenvalue weighted by Crippen LogP contribution is 2.31.